The van der Waals surface area contributed by atoms with Crippen LogP contribution in [0.5, 0.6) is 0 Å². The molecule has 2 aliphatic rings. The molecule has 2 fully saturated rings. The summed E-state index contributed by atoms with van der Waals surface area (Å²) < 4.78 is 40.9. The van der Waals surface area contributed by atoms with Crippen LogP contribution < -0.4 is 5.32 Å². The third-order valence-electron chi connectivity index (χ3n) is 5.17. The Hall–Kier alpha value is -2.09. The number of nitrogens with one attached hydrogen (secondary N) is 1. The smallest absolute Gasteiger partial charge is 0.352 e. The Morgan fingerprint density at radius 3 is 2.50 bits per heavy atom. The van der Waals surface area contributed by atoms with Gasteiger partial charge in [0.1, 0.15) is 6.54 Å². The minimum Gasteiger partial charge on any atom is -0.352 e. The zero-order valence-corrected chi connectivity index (χ0v) is 14.3. The number of rotatable bonds is 4. The standard InChI is InChI=1S/C18H21F3N4O/c19-18(20,21)17-23-14-3-1-2-4-15(14)25(17)11-16(26)22-12-7-9-24(10-8-12)13-5-6-13/h1-4,12-13H,5-11H2,(H,22,26). The lowest BCUT2D eigenvalue weighted by atomic mass is 10.0. The van der Waals surface area contributed by atoms with Crippen molar-refractivity contribution in [1.29, 1.82) is 0 Å². The fourth-order valence-corrected chi connectivity index (χ4v) is 3.72. The number of amides is 1. The van der Waals surface area contributed by atoms with E-state index in [0.717, 1.165) is 30.5 Å². The predicted octanol–water partition coefficient (Wildman–Crippen LogP) is 2.80. The molecule has 2 aromatic rings. The number of aromatic nitrogens is 2. The van der Waals surface area contributed by atoms with Crippen molar-refractivity contribution in [3.8, 4) is 0 Å². The first-order chi connectivity index (χ1) is 12.4. The van der Waals surface area contributed by atoms with E-state index < -0.39 is 17.9 Å². The highest BCUT2D eigenvalue weighted by Gasteiger charge is 2.38. The van der Waals surface area contributed by atoms with Crippen molar-refractivity contribution < 1.29 is 18.0 Å². The van der Waals surface area contributed by atoms with E-state index in [0.29, 0.717) is 11.6 Å². The maximum atomic E-state index is 13.3. The summed E-state index contributed by atoms with van der Waals surface area (Å²) in [5, 5.41) is 2.90. The van der Waals surface area contributed by atoms with E-state index >= 15 is 0 Å². The molecule has 1 saturated heterocycles. The van der Waals surface area contributed by atoms with Gasteiger partial charge in [0.25, 0.3) is 0 Å². The summed E-state index contributed by atoms with van der Waals surface area (Å²) in [5.74, 6) is -1.43. The van der Waals surface area contributed by atoms with E-state index in [1.165, 1.54) is 18.9 Å². The first kappa shape index (κ1) is 17.3. The van der Waals surface area contributed by atoms with Crippen LogP contribution in [0, 0.1) is 0 Å². The van der Waals surface area contributed by atoms with Gasteiger partial charge < -0.3 is 14.8 Å². The summed E-state index contributed by atoms with van der Waals surface area (Å²) in [7, 11) is 0. The number of para-hydroxylation sites is 2. The number of hydrogen-bond acceptors (Lipinski definition) is 3. The largest absolute Gasteiger partial charge is 0.449 e. The first-order valence-electron chi connectivity index (χ1n) is 8.97. The Labute approximate surface area is 149 Å². The topological polar surface area (TPSA) is 50.2 Å². The van der Waals surface area contributed by atoms with Crippen LogP contribution >= 0.6 is 0 Å². The second-order valence-electron chi connectivity index (χ2n) is 7.12. The van der Waals surface area contributed by atoms with Crippen LogP contribution in [0.2, 0.25) is 0 Å². The molecule has 1 amide bonds. The molecule has 0 bridgehead atoms. The molecule has 1 N–H and O–H groups in total. The van der Waals surface area contributed by atoms with Gasteiger partial charge in [0.15, 0.2) is 0 Å². The summed E-state index contributed by atoms with van der Waals surface area (Å²) in [5.41, 5.74) is 0.559. The summed E-state index contributed by atoms with van der Waals surface area (Å²) in [4.78, 5) is 18.5. The number of likely N-dealkylation sites (tertiary alicyclic amines) is 1. The predicted molar refractivity (Wildman–Crippen MR) is 90.5 cm³/mol. The Bertz CT molecular complexity index is 804. The van der Waals surface area contributed by atoms with Crippen LogP contribution in [-0.4, -0.2) is 45.5 Å². The molecule has 26 heavy (non-hydrogen) atoms. The van der Waals surface area contributed by atoms with Gasteiger partial charge in [0.2, 0.25) is 11.7 Å². The lowest BCUT2D eigenvalue weighted by molar-refractivity contribution is -0.147. The fourth-order valence-electron chi connectivity index (χ4n) is 3.72. The van der Waals surface area contributed by atoms with Gasteiger partial charge in [-0.2, -0.15) is 13.2 Å². The maximum Gasteiger partial charge on any atom is 0.449 e. The minimum atomic E-state index is -4.60. The van der Waals surface area contributed by atoms with Crippen molar-refractivity contribution in [2.75, 3.05) is 13.1 Å². The van der Waals surface area contributed by atoms with Gasteiger partial charge in [-0.1, -0.05) is 12.1 Å². The number of imidazole rings is 1. The first-order valence-corrected chi connectivity index (χ1v) is 8.97. The van der Waals surface area contributed by atoms with E-state index in [1.807, 2.05) is 0 Å². The van der Waals surface area contributed by atoms with Gasteiger partial charge in [-0.3, -0.25) is 4.79 Å². The second-order valence-corrected chi connectivity index (χ2v) is 7.12. The van der Waals surface area contributed by atoms with Crippen molar-refractivity contribution >= 4 is 16.9 Å². The number of piperidine rings is 1. The third kappa shape index (κ3) is 3.56. The molecule has 2 heterocycles. The minimum absolute atomic E-state index is 0.0293. The molecule has 1 saturated carbocycles. The van der Waals surface area contributed by atoms with Crippen LogP contribution in [0.25, 0.3) is 11.0 Å². The SMILES string of the molecule is O=C(Cn1c(C(F)(F)F)nc2ccccc21)NC1CCN(C2CC2)CC1. The number of halogens is 3. The average Bonchev–Trinajstić information content (AvgIpc) is 3.37. The Balaban J connectivity index is 1.45. The molecular formula is C18H21F3N4O. The van der Waals surface area contributed by atoms with Crippen molar-refractivity contribution in [3.63, 3.8) is 0 Å². The number of nitrogens with zero attached hydrogens (tertiary/aromatic N) is 3. The third-order valence-corrected chi connectivity index (χ3v) is 5.17. The van der Waals surface area contributed by atoms with E-state index in [9.17, 15) is 18.0 Å². The maximum absolute atomic E-state index is 13.3. The van der Waals surface area contributed by atoms with Crippen LogP contribution in [-0.2, 0) is 17.5 Å². The highest BCUT2D eigenvalue weighted by molar-refractivity contribution is 5.81. The zero-order chi connectivity index (χ0) is 18.3. The number of carbonyl (C=O) groups is 1. The highest BCUT2D eigenvalue weighted by Crippen LogP contribution is 2.32. The summed E-state index contributed by atoms with van der Waals surface area (Å²) in [6.07, 6.45) is -0.400. The van der Waals surface area contributed by atoms with Gasteiger partial charge in [-0.05, 0) is 37.8 Å². The highest BCUT2D eigenvalue weighted by atomic mass is 19.4. The molecule has 8 heteroatoms. The molecule has 0 atom stereocenters. The molecule has 0 spiro atoms. The molecule has 0 radical (unpaired) electrons. The lowest BCUT2D eigenvalue weighted by Gasteiger charge is -2.32. The number of alkyl halides is 3. The van der Waals surface area contributed by atoms with Gasteiger partial charge >= 0.3 is 6.18 Å². The van der Waals surface area contributed by atoms with Gasteiger partial charge in [0, 0.05) is 25.2 Å². The normalized spacial score (nSPS) is 19.8. The molecule has 0 unspecified atom stereocenters. The van der Waals surface area contributed by atoms with Crippen LogP contribution in [0.4, 0.5) is 13.2 Å². The van der Waals surface area contributed by atoms with Gasteiger partial charge in [0.05, 0.1) is 11.0 Å². The molecule has 1 aliphatic heterocycles. The number of hydrogen-bond donors (Lipinski definition) is 1. The van der Waals surface area contributed by atoms with Crippen LogP contribution in [0.1, 0.15) is 31.5 Å². The fraction of sp³-hybridized carbons (Fsp3) is 0.556. The molecule has 1 aliphatic carbocycles. The lowest BCUT2D eigenvalue weighted by Crippen LogP contribution is -2.46. The van der Waals surface area contributed by atoms with E-state index in [2.05, 4.69) is 15.2 Å². The van der Waals surface area contributed by atoms with Crippen molar-refractivity contribution in [1.82, 2.24) is 19.8 Å². The Morgan fingerprint density at radius 1 is 1.15 bits per heavy atom. The van der Waals surface area contributed by atoms with E-state index in [-0.39, 0.29) is 18.1 Å². The average molecular weight is 366 g/mol. The number of carbonyl (C=O) groups excluding carboxylic acids is 1. The Morgan fingerprint density at radius 2 is 1.85 bits per heavy atom. The van der Waals surface area contributed by atoms with Crippen molar-refractivity contribution in [2.45, 2.75) is 50.5 Å². The molecule has 1 aromatic heterocycles. The quantitative estimate of drug-likeness (QED) is 0.905. The molecule has 4 rings (SSSR count). The van der Waals surface area contributed by atoms with Gasteiger partial charge in [-0.15, -0.1) is 0 Å². The molecule has 140 valence electrons. The molecular weight excluding hydrogens is 345 g/mol. The van der Waals surface area contributed by atoms with Crippen molar-refractivity contribution in [3.05, 3.63) is 30.1 Å². The van der Waals surface area contributed by atoms with Crippen molar-refractivity contribution in [2.24, 2.45) is 0 Å². The summed E-state index contributed by atoms with van der Waals surface area (Å²) in [6.45, 7) is 1.51. The van der Waals surface area contributed by atoms with Crippen LogP contribution in [0.3, 0.4) is 0 Å². The molecule has 1 aromatic carbocycles. The molecule has 5 nitrogen and oxygen atoms in total. The van der Waals surface area contributed by atoms with Crippen LogP contribution in [0.15, 0.2) is 24.3 Å². The summed E-state index contributed by atoms with van der Waals surface area (Å²) >= 11 is 0. The monoisotopic (exact) mass is 366 g/mol. The van der Waals surface area contributed by atoms with E-state index in [1.54, 1.807) is 18.2 Å². The zero-order valence-electron chi connectivity index (χ0n) is 14.3. The number of fused-ring (bicyclic) bond motifs is 1. The van der Waals surface area contributed by atoms with Gasteiger partial charge in [-0.25, -0.2) is 4.98 Å². The Kier molecular flexibility index (Phi) is 4.38. The number of benzene rings is 1. The second kappa shape index (κ2) is 6.57. The summed E-state index contributed by atoms with van der Waals surface area (Å²) in [6, 6.07) is 7.09. The van der Waals surface area contributed by atoms with E-state index in [4.69, 9.17) is 0 Å².